The molecule has 2 heterocycles. The van der Waals surface area contributed by atoms with Crippen molar-refractivity contribution in [3.05, 3.63) is 71.3 Å². The third-order valence-electron chi connectivity index (χ3n) is 3.33. The van der Waals surface area contributed by atoms with E-state index in [2.05, 4.69) is 14.7 Å². The average Bonchev–Trinajstić information content (AvgIpc) is 2.60. The molecule has 114 valence electrons. The normalized spacial score (nSPS) is 11.0. The van der Waals surface area contributed by atoms with E-state index in [1.165, 1.54) is 19.2 Å². The highest BCUT2D eigenvalue weighted by Gasteiger charge is 2.11. The number of esters is 1. The lowest BCUT2D eigenvalue weighted by atomic mass is 10.1. The van der Waals surface area contributed by atoms with Crippen molar-refractivity contribution in [1.82, 2.24) is 9.97 Å². The number of ether oxygens (including phenoxy) is 1. The van der Waals surface area contributed by atoms with Gasteiger partial charge in [0.05, 0.1) is 18.4 Å². The van der Waals surface area contributed by atoms with Crippen molar-refractivity contribution in [2.75, 3.05) is 7.11 Å². The molecule has 0 unspecified atom stereocenters. The molecule has 0 aliphatic heterocycles. The Morgan fingerprint density at radius 3 is 2.87 bits per heavy atom. The highest BCUT2D eigenvalue weighted by atomic mass is 19.1. The van der Waals surface area contributed by atoms with Crippen LogP contribution in [0.25, 0.3) is 23.2 Å². The summed E-state index contributed by atoms with van der Waals surface area (Å²) >= 11 is 0. The number of hydrogen-bond donors (Lipinski definition) is 0. The van der Waals surface area contributed by atoms with E-state index in [9.17, 15) is 9.18 Å². The van der Waals surface area contributed by atoms with Crippen LogP contribution in [0.15, 0.2) is 48.7 Å². The van der Waals surface area contributed by atoms with Gasteiger partial charge < -0.3 is 4.74 Å². The van der Waals surface area contributed by atoms with Crippen molar-refractivity contribution in [1.29, 1.82) is 0 Å². The lowest BCUT2D eigenvalue weighted by Crippen LogP contribution is -2.04. The van der Waals surface area contributed by atoms with E-state index >= 15 is 0 Å². The summed E-state index contributed by atoms with van der Waals surface area (Å²) in [5.74, 6) is -1.31. The van der Waals surface area contributed by atoms with E-state index < -0.39 is 11.8 Å². The maximum absolute atomic E-state index is 13.6. The molecule has 0 spiro atoms. The molecular weight excluding hydrogens is 295 g/mol. The SMILES string of the molecule is COC(=O)c1cc(/C=C/c2ccc3cccnc3n2)ccc1F. The van der Waals surface area contributed by atoms with Gasteiger partial charge >= 0.3 is 5.97 Å². The molecule has 0 amide bonds. The van der Waals surface area contributed by atoms with Crippen molar-refractivity contribution in [3.63, 3.8) is 0 Å². The van der Waals surface area contributed by atoms with Gasteiger partial charge in [-0.05, 0) is 48.0 Å². The van der Waals surface area contributed by atoms with Crippen molar-refractivity contribution in [2.24, 2.45) is 0 Å². The van der Waals surface area contributed by atoms with Crippen LogP contribution in [-0.2, 0) is 4.74 Å². The Bertz CT molecular complexity index is 906. The molecule has 0 atom stereocenters. The molecule has 0 radical (unpaired) electrons. The molecule has 0 bridgehead atoms. The molecule has 3 rings (SSSR count). The second-order valence-electron chi connectivity index (χ2n) is 4.85. The van der Waals surface area contributed by atoms with Crippen LogP contribution in [0.5, 0.6) is 0 Å². The Hall–Kier alpha value is -3.08. The summed E-state index contributed by atoms with van der Waals surface area (Å²) in [5, 5.41) is 0.958. The van der Waals surface area contributed by atoms with Gasteiger partial charge in [0.25, 0.3) is 0 Å². The van der Waals surface area contributed by atoms with Gasteiger partial charge in [-0.1, -0.05) is 12.1 Å². The van der Waals surface area contributed by atoms with E-state index in [0.717, 1.165) is 11.1 Å². The summed E-state index contributed by atoms with van der Waals surface area (Å²) in [5.41, 5.74) is 1.96. The molecule has 4 nitrogen and oxygen atoms in total. The van der Waals surface area contributed by atoms with Gasteiger partial charge in [-0.3, -0.25) is 0 Å². The van der Waals surface area contributed by atoms with Crippen LogP contribution < -0.4 is 0 Å². The predicted octanol–water partition coefficient (Wildman–Crippen LogP) is 3.73. The fourth-order valence-corrected chi connectivity index (χ4v) is 2.15. The highest BCUT2D eigenvalue weighted by Crippen LogP contribution is 2.15. The molecule has 0 aliphatic rings. The van der Waals surface area contributed by atoms with Crippen LogP contribution >= 0.6 is 0 Å². The Morgan fingerprint density at radius 1 is 1.17 bits per heavy atom. The van der Waals surface area contributed by atoms with Gasteiger partial charge in [0.2, 0.25) is 0 Å². The smallest absolute Gasteiger partial charge is 0.340 e. The van der Waals surface area contributed by atoms with Gasteiger partial charge in [-0.25, -0.2) is 19.2 Å². The molecule has 0 fully saturated rings. The van der Waals surface area contributed by atoms with E-state index in [4.69, 9.17) is 0 Å². The zero-order chi connectivity index (χ0) is 16.2. The van der Waals surface area contributed by atoms with Crippen LogP contribution in [0.2, 0.25) is 0 Å². The standard InChI is InChI=1S/C18H13FN2O2/c1-23-18(22)15-11-12(5-9-16(15)19)4-7-14-8-6-13-3-2-10-20-17(13)21-14/h2-11H,1H3/b7-4+. The maximum atomic E-state index is 13.6. The van der Waals surface area contributed by atoms with Crippen molar-refractivity contribution >= 4 is 29.2 Å². The maximum Gasteiger partial charge on any atom is 0.340 e. The first-order valence-corrected chi connectivity index (χ1v) is 6.95. The zero-order valence-electron chi connectivity index (χ0n) is 12.4. The number of hydrogen-bond acceptors (Lipinski definition) is 4. The Labute approximate surface area is 132 Å². The van der Waals surface area contributed by atoms with Crippen LogP contribution in [0, 0.1) is 5.82 Å². The molecular formula is C18H13FN2O2. The molecule has 23 heavy (non-hydrogen) atoms. The minimum absolute atomic E-state index is 0.0946. The topological polar surface area (TPSA) is 52.1 Å². The van der Waals surface area contributed by atoms with Crippen LogP contribution in [0.1, 0.15) is 21.6 Å². The van der Waals surface area contributed by atoms with Gasteiger partial charge in [-0.15, -0.1) is 0 Å². The number of carbonyl (C=O) groups is 1. The fourth-order valence-electron chi connectivity index (χ4n) is 2.15. The van der Waals surface area contributed by atoms with E-state index in [1.807, 2.05) is 24.3 Å². The first-order chi connectivity index (χ1) is 11.2. The van der Waals surface area contributed by atoms with Crippen LogP contribution in [0.4, 0.5) is 4.39 Å². The lowest BCUT2D eigenvalue weighted by Gasteiger charge is -2.02. The fraction of sp³-hybridized carbons (Fsp3) is 0.0556. The Balaban J connectivity index is 1.90. The summed E-state index contributed by atoms with van der Waals surface area (Å²) in [4.78, 5) is 20.1. The minimum Gasteiger partial charge on any atom is -0.465 e. The zero-order valence-corrected chi connectivity index (χ0v) is 12.4. The largest absolute Gasteiger partial charge is 0.465 e. The van der Waals surface area contributed by atoms with Gasteiger partial charge in [0, 0.05) is 11.6 Å². The summed E-state index contributed by atoms with van der Waals surface area (Å²) in [7, 11) is 1.22. The lowest BCUT2D eigenvalue weighted by molar-refractivity contribution is 0.0595. The quantitative estimate of drug-likeness (QED) is 0.692. The third-order valence-corrected chi connectivity index (χ3v) is 3.33. The number of rotatable bonds is 3. The van der Waals surface area contributed by atoms with Gasteiger partial charge in [0.1, 0.15) is 5.82 Å². The van der Waals surface area contributed by atoms with E-state index in [-0.39, 0.29) is 5.56 Å². The number of aromatic nitrogens is 2. The third kappa shape index (κ3) is 3.23. The molecule has 2 aromatic heterocycles. The van der Waals surface area contributed by atoms with Crippen molar-refractivity contribution in [2.45, 2.75) is 0 Å². The first-order valence-electron chi connectivity index (χ1n) is 6.95. The Kier molecular flexibility index (Phi) is 4.10. The molecule has 3 aromatic rings. The molecule has 0 saturated carbocycles. The average molecular weight is 308 g/mol. The monoisotopic (exact) mass is 308 g/mol. The Morgan fingerprint density at radius 2 is 2.04 bits per heavy atom. The van der Waals surface area contributed by atoms with Gasteiger partial charge in [-0.2, -0.15) is 0 Å². The second-order valence-corrected chi connectivity index (χ2v) is 4.85. The molecule has 0 N–H and O–H groups in total. The number of benzene rings is 1. The minimum atomic E-state index is -0.703. The van der Waals surface area contributed by atoms with Crippen molar-refractivity contribution in [3.8, 4) is 0 Å². The summed E-state index contributed by atoms with van der Waals surface area (Å²) in [6.07, 6.45) is 5.22. The van der Waals surface area contributed by atoms with Crippen LogP contribution in [0.3, 0.4) is 0 Å². The predicted molar refractivity (Wildman–Crippen MR) is 86.2 cm³/mol. The van der Waals surface area contributed by atoms with Crippen molar-refractivity contribution < 1.29 is 13.9 Å². The number of nitrogens with zero attached hydrogens (tertiary/aromatic N) is 2. The molecule has 0 aliphatic carbocycles. The number of fused-ring (bicyclic) bond motifs is 1. The number of carbonyl (C=O) groups excluding carboxylic acids is 1. The number of halogens is 1. The van der Waals surface area contributed by atoms with Gasteiger partial charge in [0.15, 0.2) is 5.65 Å². The summed E-state index contributed by atoms with van der Waals surface area (Å²) in [6.45, 7) is 0. The van der Waals surface area contributed by atoms with E-state index in [1.54, 1.807) is 24.4 Å². The summed E-state index contributed by atoms with van der Waals surface area (Å²) in [6, 6.07) is 11.8. The summed E-state index contributed by atoms with van der Waals surface area (Å²) < 4.78 is 18.2. The first kappa shape index (κ1) is 14.8. The molecule has 0 saturated heterocycles. The second kappa shape index (κ2) is 6.36. The molecule has 5 heteroatoms. The van der Waals surface area contributed by atoms with Crippen LogP contribution in [-0.4, -0.2) is 23.0 Å². The number of pyridine rings is 2. The van der Waals surface area contributed by atoms with E-state index in [0.29, 0.717) is 11.2 Å². The number of methoxy groups -OCH3 is 1. The molecule has 1 aromatic carbocycles. The highest BCUT2D eigenvalue weighted by molar-refractivity contribution is 5.90.